The lowest BCUT2D eigenvalue weighted by Crippen LogP contribution is -2.41. The molecule has 2 rings (SSSR count). The zero-order valence-electron chi connectivity index (χ0n) is 13.3. The summed E-state index contributed by atoms with van der Waals surface area (Å²) < 4.78 is 5.71. The number of likely N-dealkylation sites (N-methyl/N-ethyl adjacent to an activating group) is 1. The average molecular weight is 311 g/mol. The maximum Gasteiger partial charge on any atom is 0.0726 e. The largest absolute Gasteiger partial charge is 0.377 e. The molecule has 0 radical (unpaired) electrons. The molecular weight excluding hydrogens is 284 g/mol. The summed E-state index contributed by atoms with van der Waals surface area (Å²) in [5.41, 5.74) is 1.26. The molecule has 0 amide bonds. The molecule has 1 aliphatic rings. The van der Waals surface area contributed by atoms with E-state index < -0.39 is 0 Å². The van der Waals surface area contributed by atoms with Gasteiger partial charge in [0, 0.05) is 36.8 Å². The van der Waals surface area contributed by atoms with Crippen LogP contribution in [0.1, 0.15) is 38.3 Å². The van der Waals surface area contributed by atoms with E-state index >= 15 is 0 Å². The maximum absolute atomic E-state index is 6.07. The van der Waals surface area contributed by atoms with Gasteiger partial charge in [0.05, 0.1) is 6.10 Å². The third-order valence-electron chi connectivity index (χ3n) is 4.45. The number of nitrogens with zero attached hydrogens (tertiary/aromatic N) is 1. The molecule has 3 unspecified atom stereocenters. The van der Waals surface area contributed by atoms with Gasteiger partial charge in [-0.15, -0.1) is 0 Å². The van der Waals surface area contributed by atoms with Crippen molar-refractivity contribution >= 4 is 11.6 Å². The fourth-order valence-corrected chi connectivity index (χ4v) is 3.01. The highest BCUT2D eigenvalue weighted by atomic mass is 35.5. The van der Waals surface area contributed by atoms with E-state index in [2.05, 4.69) is 37.2 Å². The van der Waals surface area contributed by atoms with Crippen molar-refractivity contribution in [2.45, 2.75) is 44.9 Å². The summed E-state index contributed by atoms with van der Waals surface area (Å²) in [4.78, 5) is 2.35. The highest BCUT2D eigenvalue weighted by Gasteiger charge is 2.21. The number of halogens is 1. The highest BCUT2D eigenvalue weighted by Crippen LogP contribution is 2.21. The van der Waals surface area contributed by atoms with Crippen molar-refractivity contribution in [1.82, 2.24) is 10.2 Å². The van der Waals surface area contributed by atoms with Gasteiger partial charge in [-0.3, -0.25) is 4.90 Å². The molecule has 1 aromatic carbocycles. The van der Waals surface area contributed by atoms with Crippen LogP contribution in [0.2, 0.25) is 5.02 Å². The van der Waals surface area contributed by atoms with Gasteiger partial charge in [0.2, 0.25) is 0 Å². The fourth-order valence-electron chi connectivity index (χ4n) is 2.81. The topological polar surface area (TPSA) is 24.5 Å². The van der Waals surface area contributed by atoms with Crippen molar-refractivity contribution in [2.24, 2.45) is 0 Å². The predicted octanol–water partition coefficient (Wildman–Crippen LogP) is 3.49. The minimum absolute atomic E-state index is 0.364. The predicted molar refractivity (Wildman–Crippen MR) is 88.9 cm³/mol. The Kier molecular flexibility index (Phi) is 6.49. The molecule has 1 saturated heterocycles. The van der Waals surface area contributed by atoms with Crippen molar-refractivity contribution in [2.75, 3.05) is 26.7 Å². The number of nitrogens with one attached hydrogen (secondary N) is 1. The van der Waals surface area contributed by atoms with Crippen LogP contribution in [0.3, 0.4) is 0 Å². The minimum Gasteiger partial charge on any atom is -0.377 e. The average Bonchev–Trinajstić information content (AvgIpc) is 3.00. The Bertz CT molecular complexity index is 435. The van der Waals surface area contributed by atoms with Crippen LogP contribution < -0.4 is 5.32 Å². The van der Waals surface area contributed by atoms with Crippen LogP contribution in [-0.2, 0) is 4.74 Å². The summed E-state index contributed by atoms with van der Waals surface area (Å²) in [6, 6.07) is 8.91. The molecule has 4 heteroatoms. The molecule has 1 heterocycles. The number of ether oxygens (including phenoxy) is 1. The van der Waals surface area contributed by atoms with Crippen molar-refractivity contribution in [3.05, 3.63) is 34.9 Å². The lowest BCUT2D eigenvalue weighted by molar-refractivity contribution is 0.0825. The molecule has 0 bridgehead atoms. The van der Waals surface area contributed by atoms with E-state index in [-0.39, 0.29) is 0 Å². The highest BCUT2D eigenvalue weighted by molar-refractivity contribution is 6.30. The van der Waals surface area contributed by atoms with Gasteiger partial charge in [0.1, 0.15) is 0 Å². The van der Waals surface area contributed by atoms with E-state index in [4.69, 9.17) is 16.3 Å². The molecule has 21 heavy (non-hydrogen) atoms. The van der Waals surface area contributed by atoms with Crippen molar-refractivity contribution in [1.29, 1.82) is 0 Å². The van der Waals surface area contributed by atoms with E-state index in [0.717, 1.165) is 24.7 Å². The Labute approximate surface area is 133 Å². The third-order valence-corrected chi connectivity index (χ3v) is 4.68. The number of hydrogen-bond acceptors (Lipinski definition) is 3. The van der Waals surface area contributed by atoms with Crippen LogP contribution in [0.4, 0.5) is 0 Å². The van der Waals surface area contributed by atoms with Crippen LogP contribution in [-0.4, -0.2) is 43.8 Å². The Morgan fingerprint density at radius 2 is 2.24 bits per heavy atom. The molecule has 0 spiro atoms. The summed E-state index contributed by atoms with van der Waals surface area (Å²) in [5.74, 6) is 0. The van der Waals surface area contributed by atoms with Gasteiger partial charge in [-0.2, -0.15) is 0 Å². The van der Waals surface area contributed by atoms with Gasteiger partial charge in [-0.25, -0.2) is 0 Å². The Morgan fingerprint density at radius 3 is 2.90 bits per heavy atom. The van der Waals surface area contributed by atoms with Gasteiger partial charge in [-0.1, -0.05) is 23.7 Å². The lowest BCUT2D eigenvalue weighted by Gasteiger charge is -2.27. The number of benzene rings is 1. The molecule has 3 nitrogen and oxygen atoms in total. The summed E-state index contributed by atoms with van der Waals surface area (Å²) in [6.07, 6.45) is 2.77. The van der Waals surface area contributed by atoms with Gasteiger partial charge in [-0.05, 0) is 51.4 Å². The first-order valence-corrected chi connectivity index (χ1v) is 8.26. The SMILES string of the molecule is CC(NCCN(C)C(C)c1cccc(Cl)c1)C1CCCO1. The molecule has 3 atom stereocenters. The zero-order chi connectivity index (χ0) is 15.2. The van der Waals surface area contributed by atoms with Gasteiger partial charge in [0.25, 0.3) is 0 Å². The summed E-state index contributed by atoms with van der Waals surface area (Å²) >= 11 is 6.07. The first kappa shape index (κ1) is 16.8. The molecule has 1 aliphatic heterocycles. The van der Waals surface area contributed by atoms with Crippen LogP contribution >= 0.6 is 11.6 Å². The minimum atomic E-state index is 0.364. The Hall–Kier alpha value is -0.610. The van der Waals surface area contributed by atoms with Crippen molar-refractivity contribution in [3.63, 3.8) is 0 Å². The summed E-state index contributed by atoms with van der Waals surface area (Å²) in [5, 5.41) is 4.38. The van der Waals surface area contributed by atoms with Crippen LogP contribution in [0.15, 0.2) is 24.3 Å². The first-order valence-electron chi connectivity index (χ1n) is 7.88. The molecule has 118 valence electrons. The number of rotatable bonds is 7. The standard InChI is InChI=1S/C17H27ClN2O/c1-13(17-8-5-11-21-17)19-9-10-20(3)14(2)15-6-4-7-16(18)12-15/h4,6-7,12-14,17,19H,5,8-11H2,1-3H3. The Balaban J connectivity index is 1.74. The smallest absolute Gasteiger partial charge is 0.0726 e. The molecule has 1 N–H and O–H groups in total. The molecule has 0 aliphatic carbocycles. The van der Waals surface area contributed by atoms with Crippen molar-refractivity contribution in [3.8, 4) is 0 Å². The summed E-state index contributed by atoms with van der Waals surface area (Å²) in [6.45, 7) is 7.33. The maximum atomic E-state index is 6.07. The second kappa shape index (κ2) is 8.14. The normalized spacial score (nSPS) is 21.7. The van der Waals surface area contributed by atoms with Crippen LogP contribution in [0.25, 0.3) is 0 Å². The van der Waals surface area contributed by atoms with E-state index in [1.807, 2.05) is 18.2 Å². The van der Waals surface area contributed by atoms with E-state index in [0.29, 0.717) is 18.2 Å². The van der Waals surface area contributed by atoms with Crippen molar-refractivity contribution < 1.29 is 4.74 Å². The van der Waals surface area contributed by atoms with E-state index in [9.17, 15) is 0 Å². The molecule has 0 saturated carbocycles. The van der Waals surface area contributed by atoms with Gasteiger partial charge < -0.3 is 10.1 Å². The Morgan fingerprint density at radius 1 is 1.43 bits per heavy atom. The summed E-state index contributed by atoms with van der Waals surface area (Å²) in [7, 11) is 2.16. The lowest BCUT2D eigenvalue weighted by atomic mass is 10.1. The molecule has 1 fully saturated rings. The van der Waals surface area contributed by atoms with Crippen LogP contribution in [0, 0.1) is 0 Å². The van der Waals surface area contributed by atoms with Gasteiger partial charge in [0.15, 0.2) is 0 Å². The third kappa shape index (κ3) is 4.96. The quantitative estimate of drug-likeness (QED) is 0.834. The molecule has 0 aromatic heterocycles. The second-order valence-electron chi connectivity index (χ2n) is 6.01. The van der Waals surface area contributed by atoms with E-state index in [1.165, 1.54) is 18.4 Å². The molecular formula is C17H27ClN2O. The zero-order valence-corrected chi connectivity index (χ0v) is 14.1. The van der Waals surface area contributed by atoms with Crippen LogP contribution in [0.5, 0.6) is 0 Å². The van der Waals surface area contributed by atoms with Gasteiger partial charge >= 0.3 is 0 Å². The fraction of sp³-hybridized carbons (Fsp3) is 0.647. The molecule has 1 aromatic rings. The second-order valence-corrected chi connectivity index (χ2v) is 6.44. The first-order chi connectivity index (χ1) is 10.1. The monoisotopic (exact) mass is 310 g/mol. The number of hydrogen-bond donors (Lipinski definition) is 1. The van der Waals surface area contributed by atoms with E-state index in [1.54, 1.807) is 0 Å².